The van der Waals surface area contributed by atoms with Gasteiger partial charge in [-0.3, -0.25) is 4.79 Å². The summed E-state index contributed by atoms with van der Waals surface area (Å²) in [4.78, 5) is 25.1. The molecule has 3 rings (SSSR count). The summed E-state index contributed by atoms with van der Waals surface area (Å²) in [6.45, 7) is 6.15. The third-order valence-corrected chi connectivity index (χ3v) is 6.25. The zero-order valence-corrected chi connectivity index (χ0v) is 20.1. The molecule has 7 heteroatoms. The van der Waals surface area contributed by atoms with Gasteiger partial charge in [-0.1, -0.05) is 19.9 Å². The summed E-state index contributed by atoms with van der Waals surface area (Å²) >= 11 is 1.73. The lowest BCUT2D eigenvalue weighted by Crippen LogP contribution is -2.23. The van der Waals surface area contributed by atoms with Crippen molar-refractivity contribution >= 4 is 41.2 Å². The zero-order valence-electron chi connectivity index (χ0n) is 19.2. The molecule has 0 bridgehead atoms. The monoisotopic (exact) mass is 466 g/mol. The minimum absolute atomic E-state index is 0.220. The number of benzene rings is 2. The Morgan fingerprint density at radius 2 is 1.85 bits per heavy atom. The summed E-state index contributed by atoms with van der Waals surface area (Å²) < 4.78 is 0. The molecule has 0 aliphatic carbocycles. The van der Waals surface area contributed by atoms with Crippen LogP contribution in [0, 0.1) is 11.3 Å². The number of thioether (sulfide) groups is 1. The van der Waals surface area contributed by atoms with Gasteiger partial charge in [-0.25, -0.2) is 4.79 Å². The fourth-order valence-corrected chi connectivity index (χ4v) is 4.63. The first-order valence-electron chi connectivity index (χ1n) is 11.1. The lowest BCUT2D eigenvalue weighted by Gasteiger charge is -2.25. The number of nitriles is 1. The molecule has 1 aliphatic heterocycles. The van der Waals surface area contributed by atoms with Crippen LogP contribution in [-0.2, 0) is 16.0 Å². The molecule has 0 amide bonds. The number of hydrogen-bond acceptors (Lipinski definition) is 5. The zero-order chi connectivity index (χ0) is 24.4. The van der Waals surface area contributed by atoms with Crippen LogP contribution in [0.15, 0.2) is 52.9 Å². The van der Waals surface area contributed by atoms with Gasteiger partial charge < -0.3 is 15.1 Å². The standard InChI is InChI=1S/C24H24N2O4S.C2H6/c1-16-12-18-13-17(14-19(15-25)24(29)30)5-10-22(18)26(16)20-6-8-21(9-7-20)31-11-3-2-4-23(27)28;1-2/h5-10,13-14,16H,2-4,11-12H2,1H3,(H,27,28)(H,29,30);1-2H3/b19-14+;. The van der Waals surface area contributed by atoms with Crippen LogP contribution in [0.2, 0.25) is 0 Å². The Morgan fingerprint density at radius 1 is 1.15 bits per heavy atom. The maximum atomic E-state index is 11.1. The number of hydrogen-bond donors (Lipinski definition) is 2. The van der Waals surface area contributed by atoms with Gasteiger partial charge in [0.2, 0.25) is 0 Å². The maximum absolute atomic E-state index is 11.1. The van der Waals surface area contributed by atoms with E-state index in [0.29, 0.717) is 12.0 Å². The number of carbonyl (C=O) groups is 2. The Hall–Kier alpha value is -3.24. The van der Waals surface area contributed by atoms with Crippen LogP contribution in [0.3, 0.4) is 0 Å². The Kier molecular flexibility index (Phi) is 10.0. The first-order chi connectivity index (χ1) is 15.9. The SMILES string of the molecule is CC.CC1Cc2cc(/C=C(\C#N)C(=O)O)ccc2N1c1ccc(SCCCCC(=O)O)cc1. The van der Waals surface area contributed by atoms with Gasteiger partial charge in [0.1, 0.15) is 11.6 Å². The molecule has 0 aromatic heterocycles. The van der Waals surface area contributed by atoms with Crippen molar-refractivity contribution in [2.75, 3.05) is 10.7 Å². The van der Waals surface area contributed by atoms with Crippen molar-refractivity contribution < 1.29 is 19.8 Å². The summed E-state index contributed by atoms with van der Waals surface area (Å²) in [7, 11) is 0. The summed E-state index contributed by atoms with van der Waals surface area (Å²) in [5.41, 5.74) is 3.74. The first kappa shape index (κ1) is 26.0. The molecule has 2 aromatic rings. The van der Waals surface area contributed by atoms with Crippen molar-refractivity contribution in [3.05, 3.63) is 59.2 Å². The molecule has 2 aromatic carbocycles. The Labute approximate surface area is 199 Å². The van der Waals surface area contributed by atoms with Crippen LogP contribution in [0.5, 0.6) is 0 Å². The van der Waals surface area contributed by atoms with Gasteiger partial charge in [-0.15, -0.1) is 11.8 Å². The Balaban J connectivity index is 0.00000187. The average molecular weight is 467 g/mol. The molecule has 6 nitrogen and oxygen atoms in total. The fourth-order valence-electron chi connectivity index (χ4n) is 3.71. The van der Waals surface area contributed by atoms with Gasteiger partial charge in [0.05, 0.1) is 0 Å². The quantitative estimate of drug-likeness (QED) is 0.198. The third kappa shape index (κ3) is 7.13. The highest BCUT2D eigenvalue weighted by atomic mass is 32.2. The second kappa shape index (κ2) is 12.7. The van der Waals surface area contributed by atoms with E-state index < -0.39 is 11.9 Å². The maximum Gasteiger partial charge on any atom is 0.346 e. The van der Waals surface area contributed by atoms with Gasteiger partial charge in [0.15, 0.2) is 0 Å². The molecule has 0 fully saturated rings. The van der Waals surface area contributed by atoms with Crippen molar-refractivity contribution in [2.45, 2.75) is 57.4 Å². The number of nitrogens with zero attached hydrogens (tertiary/aromatic N) is 2. The lowest BCUT2D eigenvalue weighted by molar-refractivity contribution is -0.137. The second-order valence-corrected chi connectivity index (χ2v) is 8.65. The Morgan fingerprint density at radius 3 is 2.45 bits per heavy atom. The minimum atomic E-state index is -1.22. The van der Waals surface area contributed by atoms with Crippen LogP contribution in [0.4, 0.5) is 11.4 Å². The number of rotatable bonds is 9. The molecule has 33 heavy (non-hydrogen) atoms. The van der Waals surface area contributed by atoms with E-state index in [1.165, 1.54) is 6.08 Å². The van der Waals surface area contributed by atoms with E-state index in [2.05, 4.69) is 36.1 Å². The molecule has 0 saturated heterocycles. The summed E-state index contributed by atoms with van der Waals surface area (Å²) in [5, 5.41) is 26.7. The van der Waals surface area contributed by atoms with E-state index in [1.54, 1.807) is 17.8 Å². The fraction of sp³-hybridized carbons (Fsp3) is 0.346. The smallest absolute Gasteiger partial charge is 0.346 e. The van der Waals surface area contributed by atoms with Crippen LogP contribution >= 0.6 is 11.8 Å². The molecule has 0 saturated carbocycles. The van der Waals surface area contributed by atoms with Crippen molar-refractivity contribution in [3.63, 3.8) is 0 Å². The molecule has 2 N–H and O–H groups in total. The van der Waals surface area contributed by atoms with E-state index in [-0.39, 0.29) is 18.0 Å². The first-order valence-corrected chi connectivity index (χ1v) is 12.1. The normalized spacial score (nSPS) is 14.7. The highest BCUT2D eigenvalue weighted by molar-refractivity contribution is 7.99. The molecule has 1 unspecified atom stereocenters. The van der Waals surface area contributed by atoms with Crippen molar-refractivity contribution in [1.29, 1.82) is 5.26 Å². The average Bonchev–Trinajstić information content (AvgIpc) is 3.13. The summed E-state index contributed by atoms with van der Waals surface area (Å²) in [6.07, 6.45) is 4.03. The molecule has 1 atom stereocenters. The highest BCUT2D eigenvalue weighted by Gasteiger charge is 2.27. The molecule has 0 spiro atoms. The predicted octanol–water partition coefficient (Wildman–Crippen LogP) is 6.13. The minimum Gasteiger partial charge on any atom is -0.481 e. The summed E-state index contributed by atoms with van der Waals surface area (Å²) in [5.74, 6) is -1.07. The van der Waals surface area contributed by atoms with Gasteiger partial charge in [-0.05, 0) is 85.5 Å². The topological polar surface area (TPSA) is 102 Å². The number of aliphatic carboxylic acids is 2. The van der Waals surface area contributed by atoms with E-state index >= 15 is 0 Å². The van der Waals surface area contributed by atoms with Gasteiger partial charge in [-0.2, -0.15) is 5.26 Å². The molecule has 0 radical (unpaired) electrons. The van der Waals surface area contributed by atoms with Gasteiger partial charge >= 0.3 is 11.9 Å². The largest absolute Gasteiger partial charge is 0.481 e. The molecule has 1 heterocycles. The van der Waals surface area contributed by atoms with Gasteiger partial charge in [0.25, 0.3) is 0 Å². The highest BCUT2D eigenvalue weighted by Crippen LogP contribution is 2.39. The van der Waals surface area contributed by atoms with E-state index in [9.17, 15) is 9.59 Å². The number of fused-ring (bicyclic) bond motifs is 1. The van der Waals surface area contributed by atoms with Crippen LogP contribution in [-0.4, -0.2) is 33.9 Å². The van der Waals surface area contributed by atoms with Crippen molar-refractivity contribution in [2.24, 2.45) is 0 Å². The number of unbranched alkanes of at least 4 members (excludes halogenated alkanes) is 1. The lowest BCUT2D eigenvalue weighted by atomic mass is 10.1. The number of anilines is 2. The predicted molar refractivity (Wildman–Crippen MR) is 133 cm³/mol. The van der Waals surface area contributed by atoms with Crippen molar-refractivity contribution in [3.8, 4) is 6.07 Å². The van der Waals surface area contributed by atoms with E-state index in [4.69, 9.17) is 15.5 Å². The number of carboxylic acid groups (broad SMARTS) is 2. The van der Waals surface area contributed by atoms with Crippen LogP contribution < -0.4 is 4.90 Å². The summed E-state index contributed by atoms with van der Waals surface area (Å²) in [6, 6.07) is 16.1. The van der Waals surface area contributed by atoms with Gasteiger partial charge in [0, 0.05) is 28.7 Å². The van der Waals surface area contributed by atoms with E-state index in [0.717, 1.165) is 40.4 Å². The van der Waals surface area contributed by atoms with Crippen LogP contribution in [0.25, 0.3) is 6.08 Å². The molecular weight excluding hydrogens is 436 g/mol. The molecular formula is C26H30N2O4S. The second-order valence-electron chi connectivity index (χ2n) is 7.48. The number of carboxylic acids is 2. The molecule has 174 valence electrons. The third-order valence-electron chi connectivity index (χ3n) is 5.15. The Bertz CT molecular complexity index is 1040. The van der Waals surface area contributed by atoms with Crippen LogP contribution in [0.1, 0.15) is 51.2 Å². The molecule has 1 aliphatic rings. The van der Waals surface area contributed by atoms with E-state index in [1.807, 2.05) is 32.0 Å². The van der Waals surface area contributed by atoms with Crippen molar-refractivity contribution in [1.82, 2.24) is 0 Å².